The molecule has 1 atom stereocenters. The average Bonchev–Trinajstić information content (AvgIpc) is 3.20. The van der Waals surface area contributed by atoms with E-state index in [-0.39, 0.29) is 17.0 Å². The summed E-state index contributed by atoms with van der Waals surface area (Å²) in [6.45, 7) is 1.59. The van der Waals surface area contributed by atoms with E-state index < -0.39 is 24.0 Å². The van der Waals surface area contributed by atoms with Gasteiger partial charge in [0.25, 0.3) is 0 Å². The fourth-order valence-corrected chi connectivity index (χ4v) is 2.80. The number of benzene rings is 1. The van der Waals surface area contributed by atoms with Crippen LogP contribution in [0.15, 0.2) is 24.4 Å². The lowest BCUT2D eigenvalue weighted by Crippen LogP contribution is -2.28. The Morgan fingerprint density at radius 1 is 1.35 bits per heavy atom. The molecule has 1 aromatic heterocycles. The predicted molar refractivity (Wildman–Crippen MR) is 74.9 cm³/mol. The van der Waals surface area contributed by atoms with Gasteiger partial charge < -0.3 is 4.57 Å². The van der Waals surface area contributed by atoms with E-state index in [1.807, 2.05) is 6.07 Å². The lowest BCUT2D eigenvalue weighted by atomic mass is 10.1. The zero-order chi connectivity index (χ0) is 16.8. The van der Waals surface area contributed by atoms with Crippen molar-refractivity contribution >= 4 is 0 Å². The minimum atomic E-state index is -4.41. The van der Waals surface area contributed by atoms with Gasteiger partial charge >= 0.3 is 6.18 Å². The number of halogens is 4. The van der Waals surface area contributed by atoms with Crippen LogP contribution in [0.4, 0.5) is 17.6 Å². The molecule has 23 heavy (non-hydrogen) atoms. The number of hydrogen-bond acceptors (Lipinski definition) is 2. The second kappa shape index (κ2) is 5.37. The van der Waals surface area contributed by atoms with Crippen LogP contribution in [0.5, 0.6) is 0 Å². The molecule has 0 aliphatic heterocycles. The Bertz CT molecular complexity index is 782. The van der Waals surface area contributed by atoms with E-state index in [9.17, 15) is 17.6 Å². The Labute approximate surface area is 130 Å². The average molecular weight is 323 g/mol. The second-order valence-electron chi connectivity index (χ2n) is 5.74. The summed E-state index contributed by atoms with van der Waals surface area (Å²) in [4.78, 5) is 4.15. The zero-order valence-corrected chi connectivity index (χ0v) is 12.2. The molecule has 0 saturated heterocycles. The van der Waals surface area contributed by atoms with Crippen LogP contribution in [0.25, 0.3) is 11.4 Å². The van der Waals surface area contributed by atoms with Crippen molar-refractivity contribution in [3.8, 4) is 17.5 Å². The van der Waals surface area contributed by atoms with Gasteiger partial charge in [-0.1, -0.05) is 0 Å². The third-order valence-electron chi connectivity index (χ3n) is 3.90. The van der Waals surface area contributed by atoms with Crippen molar-refractivity contribution in [3.05, 3.63) is 41.5 Å². The minimum Gasteiger partial charge on any atom is -0.318 e. The molecule has 0 bridgehead atoms. The molecule has 0 spiro atoms. The molecular formula is C16H13F4N3. The summed E-state index contributed by atoms with van der Waals surface area (Å²) in [7, 11) is 0. The Morgan fingerprint density at radius 3 is 2.61 bits per heavy atom. The smallest absolute Gasteiger partial charge is 0.318 e. The molecular weight excluding hydrogens is 310 g/mol. The minimum absolute atomic E-state index is 0.0337. The van der Waals surface area contributed by atoms with E-state index in [1.165, 1.54) is 12.3 Å². The highest BCUT2D eigenvalue weighted by atomic mass is 19.4. The number of aryl methyl sites for hydroxylation is 1. The molecule has 1 fully saturated rings. The van der Waals surface area contributed by atoms with Gasteiger partial charge in [-0.15, -0.1) is 0 Å². The standard InChI is InChI=1S/C16H13F4N3/c1-9-8-23(14(10-2-3-10)16(18,19)20)15(22-9)13-5-4-12(17)6-11(13)7-21/h4-6,8,10,14H,2-3H2,1H3/t14-/m0/s1. The van der Waals surface area contributed by atoms with Crippen LogP contribution < -0.4 is 0 Å². The Balaban J connectivity index is 2.17. The topological polar surface area (TPSA) is 41.6 Å². The van der Waals surface area contributed by atoms with E-state index in [2.05, 4.69) is 4.98 Å². The molecule has 0 amide bonds. The van der Waals surface area contributed by atoms with Gasteiger partial charge in [-0.25, -0.2) is 9.37 Å². The summed E-state index contributed by atoms with van der Waals surface area (Å²) in [6.07, 6.45) is -2.04. The summed E-state index contributed by atoms with van der Waals surface area (Å²) < 4.78 is 54.8. The summed E-state index contributed by atoms with van der Waals surface area (Å²) in [5, 5.41) is 9.15. The summed E-state index contributed by atoms with van der Waals surface area (Å²) >= 11 is 0. The van der Waals surface area contributed by atoms with Crippen molar-refractivity contribution in [1.82, 2.24) is 9.55 Å². The largest absolute Gasteiger partial charge is 0.409 e. The highest BCUT2D eigenvalue weighted by molar-refractivity contribution is 5.65. The number of nitriles is 1. The normalized spacial score (nSPS) is 16.2. The Kier molecular flexibility index (Phi) is 3.63. The van der Waals surface area contributed by atoms with Crippen LogP contribution in [0, 0.1) is 30.0 Å². The van der Waals surface area contributed by atoms with Crippen molar-refractivity contribution < 1.29 is 17.6 Å². The molecule has 2 aromatic rings. The predicted octanol–water partition coefficient (Wildman–Crippen LogP) is 4.38. The number of imidazole rings is 1. The second-order valence-corrected chi connectivity index (χ2v) is 5.74. The molecule has 1 saturated carbocycles. The fraction of sp³-hybridized carbons (Fsp3) is 0.375. The van der Waals surface area contributed by atoms with Crippen LogP contribution in [0.3, 0.4) is 0 Å². The lowest BCUT2D eigenvalue weighted by molar-refractivity contribution is -0.172. The fourth-order valence-electron chi connectivity index (χ4n) is 2.80. The number of rotatable bonds is 3. The lowest BCUT2D eigenvalue weighted by Gasteiger charge is -2.23. The van der Waals surface area contributed by atoms with Crippen LogP contribution in [-0.2, 0) is 0 Å². The molecule has 7 heteroatoms. The summed E-state index contributed by atoms with van der Waals surface area (Å²) in [5.41, 5.74) is 0.591. The molecule has 120 valence electrons. The summed E-state index contributed by atoms with van der Waals surface area (Å²) in [5.74, 6) is -1.05. The highest BCUT2D eigenvalue weighted by Gasteiger charge is 2.50. The van der Waals surface area contributed by atoms with Crippen LogP contribution in [-0.4, -0.2) is 15.7 Å². The molecule has 0 radical (unpaired) electrons. The SMILES string of the molecule is Cc1cn([C@@H](C2CC2)C(F)(F)F)c(-c2ccc(F)cc2C#N)n1. The van der Waals surface area contributed by atoms with E-state index in [0.29, 0.717) is 18.5 Å². The van der Waals surface area contributed by atoms with E-state index in [4.69, 9.17) is 5.26 Å². The maximum atomic E-state index is 13.5. The molecule has 0 N–H and O–H groups in total. The monoisotopic (exact) mass is 323 g/mol. The molecule has 1 aromatic carbocycles. The first kappa shape index (κ1) is 15.5. The van der Waals surface area contributed by atoms with E-state index >= 15 is 0 Å². The van der Waals surface area contributed by atoms with Crippen molar-refractivity contribution in [3.63, 3.8) is 0 Å². The number of nitrogens with zero attached hydrogens (tertiary/aromatic N) is 3. The third-order valence-corrected chi connectivity index (χ3v) is 3.90. The van der Waals surface area contributed by atoms with Gasteiger partial charge in [0.05, 0.1) is 17.3 Å². The number of alkyl halides is 3. The van der Waals surface area contributed by atoms with E-state index in [0.717, 1.165) is 16.7 Å². The van der Waals surface area contributed by atoms with Crippen molar-refractivity contribution in [2.75, 3.05) is 0 Å². The van der Waals surface area contributed by atoms with Gasteiger partial charge in [-0.3, -0.25) is 0 Å². The van der Waals surface area contributed by atoms with Gasteiger partial charge in [0.2, 0.25) is 0 Å². The first-order valence-corrected chi connectivity index (χ1v) is 7.13. The van der Waals surface area contributed by atoms with E-state index in [1.54, 1.807) is 6.92 Å². The quantitative estimate of drug-likeness (QED) is 0.787. The maximum Gasteiger partial charge on any atom is 0.409 e. The summed E-state index contributed by atoms with van der Waals surface area (Å²) in [6, 6.07) is 3.57. The van der Waals surface area contributed by atoms with Crippen molar-refractivity contribution in [1.29, 1.82) is 5.26 Å². The van der Waals surface area contributed by atoms with Crippen molar-refractivity contribution in [2.24, 2.45) is 5.92 Å². The molecule has 1 aliphatic carbocycles. The number of hydrogen-bond donors (Lipinski definition) is 0. The maximum absolute atomic E-state index is 13.5. The van der Waals surface area contributed by atoms with Crippen molar-refractivity contribution in [2.45, 2.75) is 32.0 Å². The Morgan fingerprint density at radius 2 is 2.04 bits per heavy atom. The number of aromatic nitrogens is 2. The zero-order valence-electron chi connectivity index (χ0n) is 12.2. The van der Waals surface area contributed by atoms with Gasteiger partial charge in [0.1, 0.15) is 17.7 Å². The van der Waals surface area contributed by atoms with Gasteiger partial charge in [-0.05, 0) is 43.9 Å². The van der Waals surface area contributed by atoms with Crippen LogP contribution in [0.1, 0.15) is 30.1 Å². The van der Waals surface area contributed by atoms with Crippen LogP contribution >= 0.6 is 0 Å². The highest BCUT2D eigenvalue weighted by Crippen LogP contribution is 2.49. The molecule has 1 aliphatic rings. The van der Waals surface area contributed by atoms with Crippen LogP contribution in [0.2, 0.25) is 0 Å². The third kappa shape index (κ3) is 2.93. The van der Waals surface area contributed by atoms with Gasteiger partial charge in [0, 0.05) is 11.8 Å². The molecule has 3 nitrogen and oxygen atoms in total. The van der Waals surface area contributed by atoms with Gasteiger partial charge in [-0.2, -0.15) is 18.4 Å². The molecule has 3 rings (SSSR count). The molecule has 1 heterocycles. The first-order chi connectivity index (χ1) is 10.8. The Hall–Kier alpha value is -2.36. The first-order valence-electron chi connectivity index (χ1n) is 7.13. The van der Waals surface area contributed by atoms with Gasteiger partial charge in [0.15, 0.2) is 0 Å². The molecule has 0 unspecified atom stereocenters.